The minimum atomic E-state index is -0.681. The lowest BCUT2D eigenvalue weighted by Gasteiger charge is -2.45. The van der Waals surface area contributed by atoms with Crippen LogP contribution in [0.25, 0.3) is 27.8 Å². The lowest BCUT2D eigenvalue weighted by Crippen LogP contribution is -2.58. The number of morpholine rings is 2. The van der Waals surface area contributed by atoms with E-state index in [2.05, 4.69) is 38.2 Å². The molecule has 1 amide bonds. The van der Waals surface area contributed by atoms with Crippen LogP contribution in [0.5, 0.6) is 0 Å². The van der Waals surface area contributed by atoms with Crippen molar-refractivity contribution in [3.63, 3.8) is 0 Å². The number of hydrogen-bond donors (Lipinski definition) is 2. The maximum Gasteiger partial charge on any atom is 0.229 e. The predicted octanol–water partition coefficient (Wildman–Crippen LogP) is 1.81. The Labute approximate surface area is 220 Å². The SMILES string of the molecule is CCNc1ncc(-c2nc3ccc(N4CC5CN(C)CC(C4)O5)cn3n2)c2cc(C3(C(N)=O)CC3)ncc12. The van der Waals surface area contributed by atoms with Crippen LogP contribution >= 0.6 is 0 Å². The highest BCUT2D eigenvalue weighted by molar-refractivity contribution is 6.01. The third-order valence-electron chi connectivity index (χ3n) is 8.01. The number of fused-ring (bicyclic) bond motifs is 4. The molecule has 4 aromatic rings. The zero-order chi connectivity index (χ0) is 26.0. The fourth-order valence-electron chi connectivity index (χ4n) is 5.92. The molecule has 2 atom stereocenters. The number of primary amides is 1. The predicted molar refractivity (Wildman–Crippen MR) is 144 cm³/mol. The van der Waals surface area contributed by atoms with Gasteiger partial charge in [0.15, 0.2) is 11.5 Å². The summed E-state index contributed by atoms with van der Waals surface area (Å²) in [6, 6.07) is 6.07. The molecule has 2 bridgehead atoms. The number of amides is 1. The molecule has 11 heteroatoms. The van der Waals surface area contributed by atoms with Crippen molar-refractivity contribution in [1.82, 2.24) is 29.5 Å². The molecule has 3 aliphatic rings. The number of nitrogens with zero attached hydrogens (tertiary/aromatic N) is 7. The molecule has 2 unspecified atom stereocenters. The first kappa shape index (κ1) is 23.3. The molecule has 1 aliphatic carbocycles. The summed E-state index contributed by atoms with van der Waals surface area (Å²) in [4.78, 5) is 31.1. The van der Waals surface area contributed by atoms with Crippen LogP contribution in [0.15, 0.2) is 36.8 Å². The number of nitrogens with one attached hydrogen (secondary N) is 1. The number of rotatable bonds is 6. The summed E-state index contributed by atoms with van der Waals surface area (Å²) in [5, 5.41) is 9.92. The summed E-state index contributed by atoms with van der Waals surface area (Å²) in [5.41, 5.74) is 8.42. The first-order valence-corrected chi connectivity index (χ1v) is 13.2. The summed E-state index contributed by atoms with van der Waals surface area (Å²) in [5.74, 6) is 0.983. The molecule has 11 nitrogen and oxygen atoms in total. The number of hydrogen-bond acceptors (Lipinski definition) is 9. The maximum absolute atomic E-state index is 12.2. The minimum absolute atomic E-state index is 0.208. The molecule has 3 N–H and O–H groups in total. The van der Waals surface area contributed by atoms with E-state index in [1.165, 1.54) is 0 Å². The van der Waals surface area contributed by atoms with E-state index in [0.717, 1.165) is 79.1 Å². The van der Waals surface area contributed by atoms with Crippen molar-refractivity contribution in [3.05, 3.63) is 42.5 Å². The average molecular weight is 514 g/mol. The van der Waals surface area contributed by atoms with Crippen LogP contribution in [0.4, 0.5) is 11.5 Å². The highest BCUT2D eigenvalue weighted by atomic mass is 16.5. The molecular formula is C27H31N9O2. The van der Waals surface area contributed by atoms with Crippen LogP contribution < -0.4 is 16.0 Å². The Kier molecular flexibility index (Phi) is 5.27. The third-order valence-corrected chi connectivity index (χ3v) is 8.01. The number of carbonyl (C=O) groups is 1. The standard InChI is InChI=1S/C27H31N9O2/c1-3-29-24-20-9-30-22(27(6-7-27)26(28)37)8-19(20)21(10-31-24)25-32-23-5-4-16(11-36(23)33-25)35-14-17-12-34(2)13-18(15-35)38-17/h4-5,8-11,17-18H,3,6-7,12-15H2,1-2H3,(H2,28,37)(H,29,31). The first-order valence-electron chi connectivity index (χ1n) is 13.2. The van der Waals surface area contributed by atoms with Gasteiger partial charge in [-0.3, -0.25) is 9.78 Å². The van der Waals surface area contributed by atoms with Gasteiger partial charge in [0.25, 0.3) is 0 Å². The van der Waals surface area contributed by atoms with E-state index >= 15 is 0 Å². The van der Waals surface area contributed by atoms with E-state index in [9.17, 15) is 4.79 Å². The molecule has 0 radical (unpaired) electrons. The second-order valence-electron chi connectivity index (χ2n) is 10.7. The van der Waals surface area contributed by atoms with Crippen LogP contribution in [0.1, 0.15) is 25.5 Å². The smallest absolute Gasteiger partial charge is 0.229 e. The van der Waals surface area contributed by atoms with Crippen molar-refractivity contribution >= 4 is 33.8 Å². The van der Waals surface area contributed by atoms with Gasteiger partial charge in [-0.15, -0.1) is 5.10 Å². The van der Waals surface area contributed by atoms with Crippen LogP contribution in [-0.4, -0.2) is 87.4 Å². The van der Waals surface area contributed by atoms with Gasteiger partial charge in [-0.2, -0.15) is 0 Å². The number of anilines is 2. The van der Waals surface area contributed by atoms with Gasteiger partial charge >= 0.3 is 0 Å². The number of likely N-dealkylation sites (N-methyl/N-ethyl adjacent to an activating group) is 1. The normalized spacial score (nSPS) is 22.6. The largest absolute Gasteiger partial charge is 0.370 e. The number of ether oxygens (including phenoxy) is 1. The molecule has 196 valence electrons. The second kappa shape index (κ2) is 8.60. The summed E-state index contributed by atoms with van der Waals surface area (Å²) in [6.45, 7) is 6.34. The Hall–Kier alpha value is -3.83. The van der Waals surface area contributed by atoms with Crippen molar-refractivity contribution in [3.8, 4) is 11.4 Å². The molecule has 7 rings (SSSR count). The van der Waals surface area contributed by atoms with E-state index in [1.807, 2.05) is 29.8 Å². The van der Waals surface area contributed by atoms with Gasteiger partial charge in [-0.1, -0.05) is 0 Å². The Bertz CT molecular complexity index is 1550. The fourth-order valence-corrected chi connectivity index (χ4v) is 5.92. The highest BCUT2D eigenvalue weighted by Gasteiger charge is 2.51. The molecular weight excluding hydrogens is 482 g/mol. The van der Waals surface area contributed by atoms with Crippen molar-refractivity contribution in [2.45, 2.75) is 37.4 Å². The summed E-state index contributed by atoms with van der Waals surface area (Å²) >= 11 is 0. The maximum atomic E-state index is 12.2. The number of aromatic nitrogens is 5. The van der Waals surface area contributed by atoms with Gasteiger partial charge in [-0.25, -0.2) is 14.5 Å². The van der Waals surface area contributed by atoms with E-state index in [0.29, 0.717) is 11.5 Å². The summed E-state index contributed by atoms with van der Waals surface area (Å²) in [7, 11) is 2.15. The third kappa shape index (κ3) is 3.76. The van der Waals surface area contributed by atoms with Gasteiger partial charge < -0.3 is 25.6 Å². The van der Waals surface area contributed by atoms with Gasteiger partial charge in [0.05, 0.1) is 35.2 Å². The number of pyridine rings is 3. The minimum Gasteiger partial charge on any atom is -0.370 e. The molecule has 3 fully saturated rings. The van der Waals surface area contributed by atoms with E-state index < -0.39 is 5.41 Å². The van der Waals surface area contributed by atoms with Crippen molar-refractivity contribution in [1.29, 1.82) is 0 Å². The van der Waals surface area contributed by atoms with Crippen molar-refractivity contribution in [2.24, 2.45) is 5.73 Å². The Balaban J connectivity index is 1.28. The molecule has 2 aliphatic heterocycles. The Morgan fingerprint density at radius 2 is 1.92 bits per heavy atom. The van der Waals surface area contributed by atoms with Crippen LogP contribution in [0.2, 0.25) is 0 Å². The van der Waals surface area contributed by atoms with Gasteiger partial charge in [-0.05, 0) is 45.0 Å². The second-order valence-corrected chi connectivity index (χ2v) is 10.7. The molecule has 4 aromatic heterocycles. The number of carbonyl (C=O) groups excluding carboxylic acids is 1. The Morgan fingerprint density at radius 1 is 1.13 bits per heavy atom. The lowest BCUT2D eigenvalue weighted by atomic mass is 9.97. The van der Waals surface area contributed by atoms with Gasteiger partial charge in [0, 0.05) is 61.5 Å². The molecule has 6 heterocycles. The van der Waals surface area contributed by atoms with Gasteiger partial charge in [0.2, 0.25) is 5.91 Å². The monoisotopic (exact) mass is 513 g/mol. The fraction of sp³-hybridized carbons (Fsp3) is 0.444. The van der Waals surface area contributed by atoms with E-state index in [1.54, 1.807) is 12.4 Å². The van der Waals surface area contributed by atoms with Crippen LogP contribution in [0.3, 0.4) is 0 Å². The molecule has 2 saturated heterocycles. The summed E-state index contributed by atoms with van der Waals surface area (Å²) < 4.78 is 7.98. The highest BCUT2D eigenvalue weighted by Crippen LogP contribution is 2.48. The van der Waals surface area contributed by atoms with Crippen LogP contribution in [-0.2, 0) is 14.9 Å². The lowest BCUT2D eigenvalue weighted by molar-refractivity contribution is -0.120. The zero-order valence-electron chi connectivity index (χ0n) is 21.6. The van der Waals surface area contributed by atoms with Crippen LogP contribution in [0, 0.1) is 0 Å². The first-order chi connectivity index (χ1) is 18.4. The van der Waals surface area contributed by atoms with E-state index in [4.69, 9.17) is 20.6 Å². The number of nitrogens with two attached hydrogens (primary N) is 1. The quantitative estimate of drug-likeness (QED) is 0.397. The van der Waals surface area contributed by atoms with Gasteiger partial charge in [0.1, 0.15) is 5.82 Å². The topological polar surface area (TPSA) is 127 Å². The zero-order valence-corrected chi connectivity index (χ0v) is 21.6. The molecule has 38 heavy (non-hydrogen) atoms. The molecule has 1 saturated carbocycles. The molecule has 0 aromatic carbocycles. The van der Waals surface area contributed by atoms with Crippen molar-refractivity contribution < 1.29 is 9.53 Å². The average Bonchev–Trinajstić information content (AvgIpc) is 3.61. The van der Waals surface area contributed by atoms with E-state index in [-0.39, 0.29) is 18.1 Å². The summed E-state index contributed by atoms with van der Waals surface area (Å²) in [6.07, 6.45) is 7.47. The molecule has 0 spiro atoms. The Morgan fingerprint density at radius 3 is 2.63 bits per heavy atom. The van der Waals surface area contributed by atoms with Crippen molar-refractivity contribution in [2.75, 3.05) is 50.0 Å².